The molecule has 0 fully saturated rings. The van der Waals surface area contributed by atoms with Crippen LogP contribution in [0.4, 0.5) is 34.1 Å². The summed E-state index contributed by atoms with van der Waals surface area (Å²) in [6.45, 7) is 0.903. The van der Waals surface area contributed by atoms with Crippen LogP contribution in [-0.4, -0.2) is 46.7 Å². The molecule has 0 saturated carbocycles. The van der Waals surface area contributed by atoms with Gasteiger partial charge in [-0.1, -0.05) is 173 Å². The molecule has 0 aromatic heterocycles. The number of non-ortho nitro benzene ring substituents is 3. The predicted octanol–water partition coefficient (Wildman–Crippen LogP) is 21.1. The molecule has 3 amide bonds. The first kappa shape index (κ1) is 71.7. The summed E-state index contributed by atoms with van der Waals surface area (Å²) in [5.41, 5.74) is 14.1. The number of amides is 3. The van der Waals surface area contributed by atoms with E-state index in [2.05, 4.69) is 6.07 Å². The van der Waals surface area contributed by atoms with Gasteiger partial charge in [0, 0.05) is 119 Å². The first-order valence-corrected chi connectivity index (χ1v) is 34.7. The second-order valence-corrected chi connectivity index (χ2v) is 26.8. The highest BCUT2D eigenvalue weighted by molar-refractivity contribution is 6.33. The van der Waals surface area contributed by atoms with Gasteiger partial charge in [-0.3, -0.25) is 44.7 Å². The number of anilines is 3. The van der Waals surface area contributed by atoms with Crippen LogP contribution in [0, 0.1) is 30.3 Å². The van der Waals surface area contributed by atoms with E-state index in [1.807, 2.05) is 176 Å². The molecular formula is C83H59Cl5N6O11. The normalized spacial score (nSPS) is 14.5. The lowest BCUT2D eigenvalue weighted by atomic mass is 9.82. The summed E-state index contributed by atoms with van der Waals surface area (Å²) in [6.07, 6.45) is 0. The number of hydrogen-bond acceptors (Lipinski definition) is 11. The Bertz CT molecular complexity index is 5320. The summed E-state index contributed by atoms with van der Waals surface area (Å²) < 4.78 is 11.3. The summed E-state index contributed by atoms with van der Waals surface area (Å²) in [6, 6.07) is 78.2. The summed E-state index contributed by atoms with van der Waals surface area (Å²) in [5.74, 6) is -0.237. The Kier molecular flexibility index (Phi) is 21.2. The van der Waals surface area contributed by atoms with Crippen molar-refractivity contribution in [3.05, 3.63) is 406 Å². The van der Waals surface area contributed by atoms with Gasteiger partial charge in [-0.2, -0.15) is 0 Å². The highest BCUT2D eigenvalue weighted by atomic mass is 35.5. The number of para-hydroxylation sites is 1. The van der Waals surface area contributed by atoms with Crippen molar-refractivity contribution < 1.29 is 38.6 Å². The number of nitrogens with zero attached hydrogens (tertiary/aromatic N) is 6. The molecule has 3 aliphatic heterocycles. The smallest absolute Gasteiger partial charge is 0.269 e. The van der Waals surface area contributed by atoms with Crippen molar-refractivity contribution in [2.24, 2.45) is 0 Å². The molecule has 3 unspecified atom stereocenters. The molecule has 3 aliphatic rings. The quantitative estimate of drug-likeness (QED) is 0.0878. The van der Waals surface area contributed by atoms with Gasteiger partial charge in [-0.15, -0.1) is 0 Å². The van der Waals surface area contributed by atoms with E-state index >= 15 is 0 Å². The molecule has 0 spiro atoms. The number of ether oxygens (including phenoxy) is 2. The van der Waals surface area contributed by atoms with Crippen LogP contribution in [0.1, 0.15) is 116 Å². The Balaban J connectivity index is 0.000000140. The van der Waals surface area contributed by atoms with E-state index in [1.165, 1.54) is 72.8 Å². The highest BCUT2D eigenvalue weighted by Crippen LogP contribution is 2.51. The fraction of sp³-hybridized carbons (Fsp3) is 0.0964. The lowest BCUT2D eigenvalue weighted by Crippen LogP contribution is -2.30. The van der Waals surface area contributed by atoms with Crippen molar-refractivity contribution in [3.8, 4) is 11.5 Å². The first-order chi connectivity index (χ1) is 50.8. The number of carbonyl (C=O) groups excluding carboxylic acids is 3. The zero-order valence-electron chi connectivity index (χ0n) is 55.8. The zero-order valence-corrected chi connectivity index (χ0v) is 59.6. The van der Waals surface area contributed by atoms with Crippen LogP contribution < -0.4 is 24.2 Å². The fourth-order valence-corrected chi connectivity index (χ4v) is 15.0. The number of methoxy groups -OCH3 is 2. The summed E-state index contributed by atoms with van der Waals surface area (Å²) in [5, 5.41) is 36.1. The van der Waals surface area contributed by atoms with Gasteiger partial charge in [0.05, 0.1) is 48.6 Å². The van der Waals surface area contributed by atoms with Crippen molar-refractivity contribution in [2.75, 3.05) is 28.9 Å². The standard InChI is InChI=1S/2C28H20Cl2N2O4.C27H19ClN2O3/c1-36-25-8-4-5-18-16-31(28(33)17-9-12-20(13-10-17)32(34)35)24-14-11-19(29)15-22(24)27(26(18)25)21-6-2-3-7-23(21)30;1-36-21-11-12-22-18(14-21)16-31(28(33)17-6-9-20(10-7-17)32(34)35)26-13-8-19(29)15-24(26)27(22)23-4-2-3-5-25(23)30;28-24-11-5-3-9-22(24)26-21-8-2-1-7-19(21)17-29(25-12-6-4-10-23(25)26)27(31)18-13-15-20(16-14-18)30(32)33/h2*2-15,27H,16H2,1H3;1-16,26H,17H2. The minimum Gasteiger partial charge on any atom is -0.497 e. The van der Waals surface area contributed by atoms with Gasteiger partial charge in [0.15, 0.2) is 0 Å². The molecule has 0 bridgehead atoms. The van der Waals surface area contributed by atoms with Gasteiger partial charge >= 0.3 is 0 Å². The molecule has 12 aromatic rings. The van der Waals surface area contributed by atoms with Gasteiger partial charge in [-0.25, -0.2) is 0 Å². The molecule has 0 aliphatic carbocycles. The number of fused-ring (bicyclic) bond motifs is 6. The Morgan fingerprint density at radius 2 is 0.705 bits per heavy atom. The second-order valence-electron chi connectivity index (χ2n) is 24.7. The third-order valence-corrected chi connectivity index (χ3v) is 20.3. The van der Waals surface area contributed by atoms with E-state index in [4.69, 9.17) is 67.5 Å². The number of carbonyl (C=O) groups is 3. The number of halogens is 5. The average molecular weight is 1490 g/mol. The Morgan fingerprint density at radius 1 is 0.343 bits per heavy atom. The maximum atomic E-state index is 13.8. The van der Waals surface area contributed by atoms with E-state index in [9.17, 15) is 44.7 Å². The monoisotopic (exact) mass is 1490 g/mol. The van der Waals surface area contributed by atoms with E-state index in [0.29, 0.717) is 71.2 Å². The molecule has 12 aromatic carbocycles. The number of benzene rings is 12. The molecule has 0 N–H and O–H groups in total. The van der Waals surface area contributed by atoms with Crippen molar-refractivity contribution >= 4 is 110 Å². The topological polar surface area (TPSA) is 209 Å². The van der Waals surface area contributed by atoms with Crippen molar-refractivity contribution in [1.82, 2.24) is 0 Å². The number of nitro benzene ring substituents is 3. The molecule has 3 atom stereocenters. The van der Waals surface area contributed by atoms with Crippen LogP contribution in [0.25, 0.3) is 0 Å². The van der Waals surface area contributed by atoms with E-state index < -0.39 is 14.8 Å². The average Bonchev–Trinajstić information content (AvgIpc) is 1.65. The molecule has 522 valence electrons. The van der Waals surface area contributed by atoms with Crippen LogP contribution in [0.15, 0.2) is 267 Å². The van der Waals surface area contributed by atoms with E-state index in [-0.39, 0.29) is 65.6 Å². The van der Waals surface area contributed by atoms with Gasteiger partial charge in [0.25, 0.3) is 34.8 Å². The Labute approximate surface area is 628 Å². The van der Waals surface area contributed by atoms with Crippen LogP contribution in [-0.2, 0) is 19.6 Å². The maximum Gasteiger partial charge on any atom is 0.269 e. The van der Waals surface area contributed by atoms with Crippen LogP contribution in [0.3, 0.4) is 0 Å². The maximum absolute atomic E-state index is 13.8. The van der Waals surface area contributed by atoms with Crippen molar-refractivity contribution in [3.63, 3.8) is 0 Å². The summed E-state index contributed by atoms with van der Waals surface area (Å²) in [7, 11) is 3.21. The largest absolute Gasteiger partial charge is 0.497 e. The SMILES string of the molecule is COc1ccc2c(c1)CN(C(=O)c1ccc([N+](=O)[O-])cc1)c1ccc(Cl)cc1C2c1ccccc1Cl.COc1cccc2c1C(c1ccccc1Cl)c1cc(Cl)ccc1N(C(=O)c1ccc([N+](=O)[O-])cc1)C2.O=C(c1ccc([N+](=O)[O-])cc1)N1Cc2ccccc2C(c2ccccc2Cl)c2ccccc21. The molecule has 0 saturated heterocycles. The Morgan fingerprint density at radius 3 is 1.15 bits per heavy atom. The fourth-order valence-electron chi connectivity index (χ4n) is 13.9. The molecule has 3 heterocycles. The van der Waals surface area contributed by atoms with Gasteiger partial charge in [-0.05, 0) is 176 Å². The minimum atomic E-state index is -0.492. The van der Waals surface area contributed by atoms with E-state index in [1.54, 1.807) is 41.1 Å². The number of hydrogen-bond donors (Lipinski definition) is 0. The minimum absolute atomic E-state index is 0.0491. The van der Waals surface area contributed by atoms with E-state index in [0.717, 1.165) is 72.4 Å². The van der Waals surface area contributed by atoms with Crippen LogP contribution in [0.5, 0.6) is 11.5 Å². The van der Waals surface area contributed by atoms with Gasteiger partial charge in [0.1, 0.15) is 11.5 Å². The molecule has 17 nitrogen and oxygen atoms in total. The van der Waals surface area contributed by atoms with Crippen molar-refractivity contribution in [1.29, 1.82) is 0 Å². The number of rotatable bonds is 11. The second kappa shape index (κ2) is 31.1. The molecule has 22 heteroatoms. The predicted molar refractivity (Wildman–Crippen MR) is 410 cm³/mol. The Hall–Kier alpha value is -11.7. The first-order valence-electron chi connectivity index (χ1n) is 32.8. The summed E-state index contributed by atoms with van der Waals surface area (Å²) >= 11 is 33.0. The summed E-state index contributed by atoms with van der Waals surface area (Å²) in [4.78, 5) is 78.1. The van der Waals surface area contributed by atoms with Crippen LogP contribution in [0.2, 0.25) is 25.1 Å². The zero-order chi connectivity index (χ0) is 73.7. The van der Waals surface area contributed by atoms with Gasteiger partial charge < -0.3 is 24.2 Å². The molecular weight excluding hydrogens is 1430 g/mol. The third-order valence-electron chi connectivity index (χ3n) is 18.8. The molecule has 15 rings (SSSR count). The van der Waals surface area contributed by atoms with Crippen molar-refractivity contribution in [2.45, 2.75) is 37.4 Å². The molecule has 105 heavy (non-hydrogen) atoms. The number of nitro groups is 3. The lowest BCUT2D eigenvalue weighted by molar-refractivity contribution is -0.385. The van der Waals surface area contributed by atoms with Crippen LogP contribution >= 0.6 is 58.0 Å². The highest BCUT2D eigenvalue weighted by Gasteiger charge is 2.38. The van der Waals surface area contributed by atoms with Gasteiger partial charge in [0.2, 0.25) is 0 Å². The lowest BCUT2D eigenvalue weighted by Gasteiger charge is -2.25. The third kappa shape index (κ3) is 14.7. The molecule has 0 radical (unpaired) electrons.